The molecule has 0 unspecified atom stereocenters. The largest absolute Gasteiger partial charge is 0.462 e. The van der Waals surface area contributed by atoms with Gasteiger partial charge in [-0.2, -0.15) is 0 Å². The molecule has 2 aromatic rings. The van der Waals surface area contributed by atoms with E-state index in [0.29, 0.717) is 17.5 Å². The van der Waals surface area contributed by atoms with Gasteiger partial charge in [-0.05, 0) is 37.7 Å². The van der Waals surface area contributed by atoms with Crippen molar-refractivity contribution in [2.24, 2.45) is 0 Å². The first kappa shape index (κ1) is 13.2. The van der Waals surface area contributed by atoms with E-state index in [1.807, 2.05) is 38.1 Å². The highest BCUT2D eigenvalue weighted by Crippen LogP contribution is 2.32. The Hall–Kier alpha value is -1.82. The van der Waals surface area contributed by atoms with Crippen LogP contribution in [0.25, 0.3) is 11.5 Å². The van der Waals surface area contributed by atoms with Gasteiger partial charge >= 0.3 is 5.97 Å². The second kappa shape index (κ2) is 5.28. The highest BCUT2D eigenvalue weighted by molar-refractivity contribution is 8.00. The van der Waals surface area contributed by atoms with E-state index in [-0.39, 0.29) is 17.3 Å². The number of aromatic nitrogens is 2. The molecule has 2 heterocycles. The van der Waals surface area contributed by atoms with Crippen molar-refractivity contribution in [1.29, 1.82) is 0 Å². The molecule has 1 aromatic heterocycles. The molecule has 3 rings (SSSR count). The maximum atomic E-state index is 11.6. The summed E-state index contributed by atoms with van der Waals surface area (Å²) < 4.78 is 10.7. The van der Waals surface area contributed by atoms with E-state index in [9.17, 15) is 4.79 Å². The molecule has 0 radical (unpaired) electrons. The zero-order chi connectivity index (χ0) is 14.1. The Morgan fingerprint density at radius 1 is 1.25 bits per heavy atom. The predicted octanol–water partition coefficient (Wildman–Crippen LogP) is 2.84. The van der Waals surface area contributed by atoms with E-state index < -0.39 is 0 Å². The molecule has 0 amide bonds. The second-order valence-electron chi connectivity index (χ2n) is 4.83. The van der Waals surface area contributed by atoms with Crippen LogP contribution in [0, 0.1) is 6.92 Å². The quantitative estimate of drug-likeness (QED) is 0.810. The molecule has 104 valence electrons. The van der Waals surface area contributed by atoms with Gasteiger partial charge in [-0.15, -0.1) is 10.2 Å². The number of benzene rings is 1. The summed E-state index contributed by atoms with van der Waals surface area (Å²) in [6.07, 6.45) is 0.630. The summed E-state index contributed by atoms with van der Waals surface area (Å²) >= 11 is 1.27. The van der Waals surface area contributed by atoms with E-state index in [4.69, 9.17) is 9.15 Å². The minimum Gasteiger partial charge on any atom is -0.462 e. The molecule has 20 heavy (non-hydrogen) atoms. The van der Waals surface area contributed by atoms with Gasteiger partial charge in [0.15, 0.2) is 0 Å². The van der Waals surface area contributed by atoms with Crippen LogP contribution in [0.2, 0.25) is 0 Å². The van der Waals surface area contributed by atoms with Gasteiger partial charge < -0.3 is 9.15 Å². The van der Waals surface area contributed by atoms with Crippen molar-refractivity contribution in [3.63, 3.8) is 0 Å². The first-order chi connectivity index (χ1) is 9.61. The Morgan fingerprint density at radius 2 is 2.00 bits per heavy atom. The third kappa shape index (κ3) is 2.70. The topological polar surface area (TPSA) is 65.2 Å². The molecule has 1 saturated heterocycles. The number of aryl methyl sites for hydroxylation is 1. The van der Waals surface area contributed by atoms with E-state index in [0.717, 1.165) is 5.56 Å². The molecule has 0 aliphatic carbocycles. The molecule has 0 bridgehead atoms. The minimum atomic E-state index is -0.253. The fourth-order valence-electron chi connectivity index (χ4n) is 2.01. The van der Waals surface area contributed by atoms with Crippen molar-refractivity contribution in [2.75, 3.05) is 0 Å². The molecule has 1 aliphatic rings. The van der Waals surface area contributed by atoms with Crippen LogP contribution >= 0.6 is 11.8 Å². The zero-order valence-electron chi connectivity index (χ0n) is 11.2. The molecule has 1 aliphatic heterocycles. The van der Waals surface area contributed by atoms with Crippen LogP contribution in [-0.4, -0.2) is 27.5 Å². The third-order valence-electron chi connectivity index (χ3n) is 3.07. The van der Waals surface area contributed by atoms with Gasteiger partial charge in [-0.1, -0.05) is 17.7 Å². The van der Waals surface area contributed by atoms with Crippen molar-refractivity contribution in [1.82, 2.24) is 10.2 Å². The van der Waals surface area contributed by atoms with E-state index in [1.54, 1.807) is 0 Å². The first-order valence-electron chi connectivity index (χ1n) is 6.39. The number of nitrogens with zero attached hydrogens (tertiary/aromatic N) is 2. The summed E-state index contributed by atoms with van der Waals surface area (Å²) in [5, 5.41) is 8.14. The third-order valence-corrected chi connectivity index (χ3v) is 4.11. The van der Waals surface area contributed by atoms with Gasteiger partial charge in [-0.3, -0.25) is 4.79 Å². The number of hydrogen-bond donors (Lipinski definition) is 0. The monoisotopic (exact) mass is 290 g/mol. The molecular weight excluding hydrogens is 276 g/mol. The number of esters is 1. The van der Waals surface area contributed by atoms with Crippen molar-refractivity contribution in [2.45, 2.75) is 36.8 Å². The van der Waals surface area contributed by atoms with Gasteiger partial charge in [-0.25, -0.2) is 0 Å². The maximum Gasteiger partial charge on any atom is 0.320 e. The van der Waals surface area contributed by atoms with Crippen LogP contribution in [0.3, 0.4) is 0 Å². The molecule has 1 aromatic carbocycles. The van der Waals surface area contributed by atoms with Crippen molar-refractivity contribution in [3.05, 3.63) is 29.8 Å². The molecule has 0 saturated carbocycles. The number of carbonyl (C=O) groups is 1. The summed E-state index contributed by atoms with van der Waals surface area (Å²) in [5.41, 5.74) is 2.04. The normalized spacial score (nSPS) is 22.0. The Kier molecular flexibility index (Phi) is 3.48. The molecule has 0 N–H and O–H groups in total. The van der Waals surface area contributed by atoms with Gasteiger partial charge in [0.25, 0.3) is 5.22 Å². The standard InChI is InChI=1S/C14H14N2O3S/c1-8-3-5-10(6-4-8)12-15-16-14(19-12)20-11-7-9(2)18-13(11)17/h3-6,9,11H,7H2,1-2H3/t9-,11-/m1/s1. The van der Waals surface area contributed by atoms with E-state index >= 15 is 0 Å². The lowest BCUT2D eigenvalue weighted by Gasteiger charge is -1.99. The van der Waals surface area contributed by atoms with Crippen molar-refractivity contribution < 1.29 is 13.9 Å². The average molecular weight is 290 g/mol. The van der Waals surface area contributed by atoms with Crippen LogP contribution in [-0.2, 0) is 9.53 Å². The average Bonchev–Trinajstić information content (AvgIpc) is 2.98. The van der Waals surface area contributed by atoms with Crippen molar-refractivity contribution in [3.8, 4) is 11.5 Å². The Labute approximate surface area is 120 Å². The van der Waals surface area contributed by atoms with Crippen LogP contribution in [0.1, 0.15) is 18.9 Å². The number of cyclic esters (lactones) is 1. The lowest BCUT2D eigenvalue weighted by atomic mass is 10.1. The summed E-state index contributed by atoms with van der Waals surface area (Å²) in [5.74, 6) is 0.254. The summed E-state index contributed by atoms with van der Waals surface area (Å²) in [7, 11) is 0. The lowest BCUT2D eigenvalue weighted by Crippen LogP contribution is -2.09. The number of ether oxygens (including phenoxy) is 1. The maximum absolute atomic E-state index is 11.6. The molecule has 0 spiro atoms. The van der Waals surface area contributed by atoms with Crippen molar-refractivity contribution >= 4 is 17.7 Å². The summed E-state index contributed by atoms with van der Waals surface area (Å²) in [6, 6.07) is 7.84. The van der Waals surface area contributed by atoms with E-state index in [1.165, 1.54) is 17.3 Å². The van der Waals surface area contributed by atoms with Gasteiger partial charge in [0.1, 0.15) is 11.4 Å². The Bertz CT molecular complexity index is 624. The fourth-order valence-corrected chi connectivity index (χ4v) is 2.99. The summed E-state index contributed by atoms with van der Waals surface area (Å²) in [6.45, 7) is 3.90. The van der Waals surface area contributed by atoms with Gasteiger partial charge in [0.05, 0.1) is 0 Å². The van der Waals surface area contributed by atoms with Gasteiger partial charge in [0.2, 0.25) is 5.89 Å². The number of rotatable bonds is 3. The number of thioether (sulfide) groups is 1. The van der Waals surface area contributed by atoms with Crippen LogP contribution < -0.4 is 0 Å². The first-order valence-corrected chi connectivity index (χ1v) is 7.27. The zero-order valence-corrected chi connectivity index (χ0v) is 12.0. The fraction of sp³-hybridized carbons (Fsp3) is 0.357. The smallest absolute Gasteiger partial charge is 0.320 e. The molecule has 2 atom stereocenters. The molecule has 1 fully saturated rings. The Balaban J connectivity index is 1.74. The van der Waals surface area contributed by atoms with E-state index in [2.05, 4.69) is 10.2 Å². The second-order valence-corrected chi connectivity index (χ2v) is 5.98. The Morgan fingerprint density at radius 3 is 2.65 bits per heavy atom. The number of carbonyl (C=O) groups excluding carboxylic acids is 1. The molecule has 5 nitrogen and oxygen atoms in total. The van der Waals surface area contributed by atoms with Gasteiger partial charge in [0, 0.05) is 12.0 Å². The minimum absolute atomic E-state index is 0.0421. The lowest BCUT2D eigenvalue weighted by molar-refractivity contribution is -0.140. The van der Waals surface area contributed by atoms with Crippen LogP contribution in [0.4, 0.5) is 0 Å². The molecular formula is C14H14N2O3S. The highest BCUT2D eigenvalue weighted by Gasteiger charge is 2.34. The number of hydrogen-bond acceptors (Lipinski definition) is 6. The van der Waals surface area contributed by atoms with Crippen LogP contribution in [0.15, 0.2) is 33.9 Å². The highest BCUT2D eigenvalue weighted by atomic mass is 32.2. The SMILES string of the molecule is Cc1ccc(-c2nnc(S[C@@H]3C[C@@H](C)OC3=O)o2)cc1. The summed E-state index contributed by atoms with van der Waals surface area (Å²) in [4.78, 5) is 11.6. The van der Waals surface area contributed by atoms with Crippen LogP contribution in [0.5, 0.6) is 0 Å². The predicted molar refractivity (Wildman–Crippen MR) is 74.3 cm³/mol. The molecule has 6 heteroatoms.